The van der Waals surface area contributed by atoms with Crippen molar-refractivity contribution in [3.8, 4) is 0 Å². The Morgan fingerprint density at radius 1 is 0.900 bits per heavy atom. The molecule has 0 aliphatic heterocycles. The molecule has 0 radical (unpaired) electrons. The van der Waals surface area contributed by atoms with E-state index < -0.39 is 0 Å². The lowest BCUT2D eigenvalue weighted by atomic mass is 10.1. The number of rotatable bonds is 5. The Morgan fingerprint density at radius 3 is 2.27 bits per heavy atom. The average molecular weight is 463 g/mol. The van der Waals surface area contributed by atoms with Gasteiger partial charge in [-0.05, 0) is 60.2 Å². The van der Waals surface area contributed by atoms with Crippen molar-refractivity contribution >= 4 is 63.5 Å². The van der Waals surface area contributed by atoms with Crippen LogP contribution in [-0.2, 0) is 11.2 Å². The second kappa shape index (κ2) is 10.2. The lowest BCUT2D eigenvalue weighted by molar-refractivity contribution is -0.120. The van der Waals surface area contributed by atoms with Gasteiger partial charge >= 0.3 is 0 Å². The van der Waals surface area contributed by atoms with Crippen LogP contribution in [0.3, 0.4) is 0 Å². The fraction of sp³-hybridized carbons (Fsp3) is 0.0476. The number of hydrogen-bond donors (Lipinski definition) is 4. The minimum Gasteiger partial charge on any atom is -0.353 e. The number of amides is 1. The molecule has 9 heteroatoms. The molecular weight excluding hydrogens is 446 g/mol. The molecule has 0 saturated carbocycles. The van der Waals surface area contributed by atoms with E-state index in [9.17, 15) is 9.18 Å². The van der Waals surface area contributed by atoms with Crippen molar-refractivity contribution in [1.82, 2.24) is 10.9 Å². The number of nitrogens with one attached hydrogen (secondary N) is 4. The molecule has 0 bridgehead atoms. The average Bonchev–Trinajstić information content (AvgIpc) is 2.72. The molecule has 0 saturated heterocycles. The maximum absolute atomic E-state index is 12.9. The van der Waals surface area contributed by atoms with Crippen LogP contribution in [0, 0.1) is 5.82 Å². The first kappa shape index (κ1) is 21.8. The Morgan fingerprint density at radius 2 is 1.57 bits per heavy atom. The summed E-state index contributed by atoms with van der Waals surface area (Å²) < 4.78 is 12.9. The third-order valence-corrected chi connectivity index (χ3v) is 4.84. The highest BCUT2D eigenvalue weighted by Crippen LogP contribution is 2.33. The van der Waals surface area contributed by atoms with Crippen molar-refractivity contribution in [2.24, 2.45) is 0 Å². The van der Waals surface area contributed by atoms with Crippen LogP contribution >= 0.6 is 35.4 Å². The van der Waals surface area contributed by atoms with Gasteiger partial charge in [-0.1, -0.05) is 47.5 Å². The van der Waals surface area contributed by atoms with Gasteiger partial charge in [-0.2, -0.15) is 0 Å². The van der Waals surface area contributed by atoms with Crippen molar-refractivity contribution in [2.45, 2.75) is 6.42 Å². The van der Waals surface area contributed by atoms with E-state index in [1.165, 1.54) is 24.3 Å². The number of hydrogen-bond acceptors (Lipinski definition) is 3. The van der Waals surface area contributed by atoms with Gasteiger partial charge in [0.05, 0.1) is 22.2 Å². The molecule has 0 spiro atoms. The highest BCUT2D eigenvalue weighted by Gasteiger charge is 2.11. The predicted octanol–water partition coefficient (Wildman–Crippen LogP) is 5.44. The van der Waals surface area contributed by atoms with Crippen LogP contribution in [-0.4, -0.2) is 11.0 Å². The van der Waals surface area contributed by atoms with Gasteiger partial charge in [-0.15, -0.1) is 0 Å². The molecule has 3 aromatic rings. The van der Waals surface area contributed by atoms with Crippen LogP contribution in [0.1, 0.15) is 5.56 Å². The molecule has 3 rings (SSSR count). The van der Waals surface area contributed by atoms with E-state index in [0.717, 1.165) is 5.56 Å². The molecule has 0 fully saturated rings. The Balaban J connectivity index is 1.59. The first-order valence-electron chi connectivity index (χ1n) is 8.83. The summed E-state index contributed by atoms with van der Waals surface area (Å²) >= 11 is 17.6. The van der Waals surface area contributed by atoms with Crippen LogP contribution in [0.4, 0.5) is 21.5 Å². The molecular formula is C21H17Cl2FN4OS. The number of hydrazine groups is 1. The van der Waals surface area contributed by atoms with Crippen molar-refractivity contribution in [3.05, 3.63) is 88.2 Å². The summed E-state index contributed by atoms with van der Waals surface area (Å²) in [5.41, 5.74) is 7.75. The molecule has 0 atom stereocenters. The van der Waals surface area contributed by atoms with Crippen molar-refractivity contribution < 1.29 is 9.18 Å². The Bertz CT molecular complexity index is 1040. The minimum absolute atomic E-state index is 0.0808. The first-order chi connectivity index (χ1) is 14.4. The summed E-state index contributed by atoms with van der Waals surface area (Å²) in [6, 6.07) is 18.2. The Labute approximate surface area is 188 Å². The molecule has 0 aromatic heterocycles. The number of para-hydroxylation sites is 2. The van der Waals surface area contributed by atoms with Crippen LogP contribution < -0.4 is 21.5 Å². The Hall–Kier alpha value is -2.87. The highest BCUT2D eigenvalue weighted by atomic mass is 35.5. The monoisotopic (exact) mass is 462 g/mol. The van der Waals surface area contributed by atoms with Gasteiger partial charge in [-0.25, -0.2) is 4.39 Å². The quantitative estimate of drug-likeness (QED) is 0.300. The molecule has 3 aromatic carbocycles. The van der Waals surface area contributed by atoms with E-state index in [2.05, 4.69) is 21.5 Å². The van der Waals surface area contributed by atoms with Gasteiger partial charge in [0.1, 0.15) is 5.82 Å². The molecule has 0 unspecified atom stereocenters. The molecule has 5 nitrogen and oxygen atoms in total. The SMILES string of the molecule is O=C(Cc1ccccc1Nc1c(Cl)cccc1Cl)NNC(=S)Nc1ccc(F)cc1. The number of anilines is 3. The number of carbonyl (C=O) groups is 1. The zero-order valence-corrected chi connectivity index (χ0v) is 17.8. The van der Waals surface area contributed by atoms with Crippen LogP contribution in [0.2, 0.25) is 10.0 Å². The third-order valence-electron chi connectivity index (χ3n) is 4.01. The summed E-state index contributed by atoms with van der Waals surface area (Å²) in [6.07, 6.45) is 0.0808. The lowest BCUT2D eigenvalue weighted by Crippen LogP contribution is -2.44. The van der Waals surface area contributed by atoms with E-state index in [-0.39, 0.29) is 23.3 Å². The topological polar surface area (TPSA) is 65.2 Å². The fourth-order valence-corrected chi connectivity index (χ4v) is 3.25. The zero-order chi connectivity index (χ0) is 21.5. The van der Waals surface area contributed by atoms with Crippen LogP contribution in [0.5, 0.6) is 0 Å². The van der Waals surface area contributed by atoms with E-state index in [1.807, 2.05) is 24.3 Å². The van der Waals surface area contributed by atoms with E-state index >= 15 is 0 Å². The lowest BCUT2D eigenvalue weighted by Gasteiger charge is -2.15. The maximum atomic E-state index is 12.9. The smallest absolute Gasteiger partial charge is 0.242 e. The van der Waals surface area contributed by atoms with Crippen molar-refractivity contribution in [1.29, 1.82) is 0 Å². The minimum atomic E-state index is -0.349. The van der Waals surface area contributed by atoms with Gasteiger partial charge < -0.3 is 10.6 Å². The number of halogens is 3. The molecule has 0 aliphatic carbocycles. The zero-order valence-electron chi connectivity index (χ0n) is 15.5. The summed E-state index contributed by atoms with van der Waals surface area (Å²) in [4.78, 5) is 12.4. The van der Waals surface area contributed by atoms with E-state index in [4.69, 9.17) is 35.4 Å². The molecule has 0 heterocycles. The second-order valence-corrected chi connectivity index (χ2v) is 7.41. The molecule has 0 aliphatic rings. The number of thiocarbonyl (C=S) groups is 1. The van der Waals surface area contributed by atoms with Gasteiger partial charge in [0, 0.05) is 11.4 Å². The third kappa shape index (κ3) is 6.06. The van der Waals surface area contributed by atoms with Gasteiger partial charge in [0.2, 0.25) is 5.91 Å². The van der Waals surface area contributed by atoms with Crippen LogP contribution in [0.25, 0.3) is 0 Å². The van der Waals surface area contributed by atoms with Crippen molar-refractivity contribution in [2.75, 3.05) is 10.6 Å². The number of carbonyl (C=O) groups excluding carboxylic acids is 1. The fourth-order valence-electron chi connectivity index (χ4n) is 2.59. The normalized spacial score (nSPS) is 10.2. The summed E-state index contributed by atoms with van der Waals surface area (Å²) in [6.45, 7) is 0. The molecule has 30 heavy (non-hydrogen) atoms. The summed E-state index contributed by atoms with van der Waals surface area (Å²) in [5, 5.41) is 7.14. The Kier molecular flexibility index (Phi) is 7.46. The predicted molar refractivity (Wildman–Crippen MR) is 124 cm³/mol. The maximum Gasteiger partial charge on any atom is 0.242 e. The highest BCUT2D eigenvalue weighted by molar-refractivity contribution is 7.80. The number of benzene rings is 3. The van der Waals surface area contributed by atoms with Gasteiger partial charge in [0.25, 0.3) is 0 Å². The van der Waals surface area contributed by atoms with Crippen LogP contribution in [0.15, 0.2) is 66.7 Å². The van der Waals surface area contributed by atoms with Gasteiger partial charge in [0.15, 0.2) is 5.11 Å². The van der Waals surface area contributed by atoms with E-state index in [0.29, 0.717) is 27.1 Å². The first-order valence-corrected chi connectivity index (χ1v) is 9.99. The molecule has 1 amide bonds. The second-order valence-electron chi connectivity index (χ2n) is 6.19. The van der Waals surface area contributed by atoms with E-state index in [1.54, 1.807) is 18.2 Å². The largest absolute Gasteiger partial charge is 0.353 e. The van der Waals surface area contributed by atoms with Gasteiger partial charge in [-0.3, -0.25) is 15.6 Å². The summed E-state index contributed by atoms with van der Waals surface area (Å²) in [5.74, 6) is -0.657. The standard InChI is InChI=1S/C21H17Cl2FN4OS/c22-16-5-3-6-17(23)20(16)26-18-7-2-1-4-13(18)12-19(29)27-28-21(30)25-15-10-8-14(24)9-11-15/h1-11,26H,12H2,(H,27,29)(H2,25,28,30). The molecule has 4 N–H and O–H groups in total. The van der Waals surface area contributed by atoms with Crippen molar-refractivity contribution in [3.63, 3.8) is 0 Å². The molecule has 154 valence electrons. The summed E-state index contributed by atoms with van der Waals surface area (Å²) in [7, 11) is 0.